The average Bonchev–Trinajstić information content (AvgIpc) is 1.90. The molecule has 0 bridgehead atoms. The molecule has 1 saturated carbocycles. The summed E-state index contributed by atoms with van der Waals surface area (Å²) in [6, 6.07) is 0.666. The second kappa shape index (κ2) is 5.07. The maximum absolute atomic E-state index is 8.49. The van der Waals surface area contributed by atoms with Gasteiger partial charge in [-0.1, -0.05) is 0 Å². The lowest BCUT2D eigenvalue weighted by atomic mass is 9.92. The van der Waals surface area contributed by atoms with Gasteiger partial charge in [0.2, 0.25) is 0 Å². The van der Waals surface area contributed by atoms with Gasteiger partial charge < -0.3 is 10.9 Å². The van der Waals surface area contributed by atoms with Crippen LogP contribution in [0.2, 0.25) is 0 Å². The predicted octanol–water partition coefficient (Wildman–Crippen LogP) is 0.813. The normalized spacial score (nSPS) is 33.0. The fourth-order valence-corrected chi connectivity index (χ4v) is 1.25. The lowest BCUT2D eigenvalue weighted by Gasteiger charge is -2.24. The standard InChI is InChI=1S/C6H14N2O.BrH/c7-5-1-3-6(8-9)4-2-5;/h5-6,8-9H,1-4,7H2;1H. The van der Waals surface area contributed by atoms with Crippen LogP contribution in [-0.2, 0) is 0 Å². The average molecular weight is 211 g/mol. The van der Waals surface area contributed by atoms with Gasteiger partial charge in [-0.25, -0.2) is 5.48 Å². The van der Waals surface area contributed by atoms with Crippen molar-refractivity contribution in [1.82, 2.24) is 5.48 Å². The van der Waals surface area contributed by atoms with Crippen LogP contribution in [-0.4, -0.2) is 17.3 Å². The van der Waals surface area contributed by atoms with Crippen molar-refractivity contribution in [2.24, 2.45) is 5.73 Å². The third kappa shape index (κ3) is 2.96. The van der Waals surface area contributed by atoms with Crippen LogP contribution < -0.4 is 11.2 Å². The van der Waals surface area contributed by atoms with Crippen molar-refractivity contribution >= 4 is 17.0 Å². The third-order valence-corrected chi connectivity index (χ3v) is 1.95. The Kier molecular flexibility index (Phi) is 5.25. The van der Waals surface area contributed by atoms with Crippen molar-refractivity contribution in [2.75, 3.05) is 0 Å². The topological polar surface area (TPSA) is 58.3 Å². The van der Waals surface area contributed by atoms with E-state index >= 15 is 0 Å². The lowest BCUT2D eigenvalue weighted by Crippen LogP contribution is -2.35. The molecule has 10 heavy (non-hydrogen) atoms. The number of hydrogen-bond donors (Lipinski definition) is 3. The highest BCUT2D eigenvalue weighted by Crippen LogP contribution is 2.15. The molecule has 62 valence electrons. The zero-order chi connectivity index (χ0) is 6.69. The van der Waals surface area contributed by atoms with Crippen molar-refractivity contribution in [3.05, 3.63) is 0 Å². The summed E-state index contributed by atoms with van der Waals surface area (Å²) in [4.78, 5) is 0. The van der Waals surface area contributed by atoms with Gasteiger partial charge in [-0.2, -0.15) is 0 Å². The van der Waals surface area contributed by atoms with Crippen LogP contribution in [0.3, 0.4) is 0 Å². The molecule has 0 heterocycles. The molecular formula is C6H15BrN2O. The van der Waals surface area contributed by atoms with Crippen molar-refractivity contribution < 1.29 is 5.21 Å². The first-order valence-corrected chi connectivity index (χ1v) is 3.48. The van der Waals surface area contributed by atoms with E-state index in [1.165, 1.54) is 0 Å². The minimum atomic E-state index is 0. The van der Waals surface area contributed by atoms with Gasteiger partial charge in [0.25, 0.3) is 0 Å². The molecule has 0 unspecified atom stereocenters. The second-order valence-corrected chi connectivity index (χ2v) is 2.74. The highest BCUT2D eigenvalue weighted by atomic mass is 79.9. The molecule has 0 amide bonds. The molecule has 4 heteroatoms. The smallest absolute Gasteiger partial charge is 0.0320 e. The van der Waals surface area contributed by atoms with Crippen LogP contribution in [0.25, 0.3) is 0 Å². The minimum Gasteiger partial charge on any atom is -0.328 e. The molecule has 1 aliphatic rings. The monoisotopic (exact) mass is 210 g/mol. The Morgan fingerprint density at radius 3 is 2.10 bits per heavy atom. The van der Waals surface area contributed by atoms with Gasteiger partial charge in [-0.05, 0) is 25.7 Å². The van der Waals surface area contributed by atoms with E-state index in [0.29, 0.717) is 12.1 Å². The molecule has 1 fully saturated rings. The Labute approximate surface area is 71.7 Å². The molecule has 0 aromatic rings. The number of nitrogens with two attached hydrogens (primary N) is 1. The summed E-state index contributed by atoms with van der Waals surface area (Å²) in [6.07, 6.45) is 4.10. The zero-order valence-corrected chi connectivity index (χ0v) is 7.63. The summed E-state index contributed by atoms with van der Waals surface area (Å²) in [5.74, 6) is 0. The SMILES string of the molecule is Br.NC1CCC(NO)CC1. The highest BCUT2D eigenvalue weighted by molar-refractivity contribution is 8.93. The third-order valence-electron chi connectivity index (χ3n) is 1.95. The van der Waals surface area contributed by atoms with E-state index in [1.807, 2.05) is 0 Å². The Bertz CT molecular complexity index is 83.8. The summed E-state index contributed by atoms with van der Waals surface area (Å²) in [5, 5.41) is 8.49. The first-order valence-electron chi connectivity index (χ1n) is 3.48. The van der Waals surface area contributed by atoms with Gasteiger partial charge in [-0.15, -0.1) is 17.0 Å². The molecule has 0 radical (unpaired) electrons. The quantitative estimate of drug-likeness (QED) is 0.562. The highest BCUT2D eigenvalue weighted by Gasteiger charge is 2.16. The number of halogens is 1. The number of nitrogens with one attached hydrogen (secondary N) is 1. The molecule has 1 rings (SSSR count). The van der Waals surface area contributed by atoms with Crippen LogP contribution in [0.1, 0.15) is 25.7 Å². The Morgan fingerprint density at radius 2 is 1.70 bits per heavy atom. The fraction of sp³-hybridized carbons (Fsp3) is 1.00. The van der Waals surface area contributed by atoms with Crippen molar-refractivity contribution in [2.45, 2.75) is 37.8 Å². The Hall–Kier alpha value is 0.360. The maximum atomic E-state index is 8.49. The van der Waals surface area contributed by atoms with Gasteiger partial charge in [0.1, 0.15) is 0 Å². The first kappa shape index (κ1) is 10.4. The van der Waals surface area contributed by atoms with E-state index in [1.54, 1.807) is 0 Å². The second-order valence-electron chi connectivity index (χ2n) is 2.74. The van der Waals surface area contributed by atoms with Gasteiger partial charge in [-0.3, -0.25) is 0 Å². The molecule has 1 aliphatic carbocycles. The van der Waals surface area contributed by atoms with Crippen LogP contribution in [0, 0.1) is 0 Å². The Morgan fingerprint density at radius 1 is 1.20 bits per heavy atom. The molecule has 4 N–H and O–H groups in total. The molecule has 0 saturated heterocycles. The summed E-state index contributed by atoms with van der Waals surface area (Å²) in [5.41, 5.74) is 7.91. The van der Waals surface area contributed by atoms with Crippen LogP contribution >= 0.6 is 17.0 Å². The largest absolute Gasteiger partial charge is 0.328 e. The summed E-state index contributed by atoms with van der Waals surface area (Å²) in [6.45, 7) is 0. The maximum Gasteiger partial charge on any atom is 0.0320 e. The van der Waals surface area contributed by atoms with Gasteiger partial charge in [0.05, 0.1) is 0 Å². The van der Waals surface area contributed by atoms with Crippen LogP contribution in [0.5, 0.6) is 0 Å². The summed E-state index contributed by atoms with van der Waals surface area (Å²) in [7, 11) is 0. The Balaban J connectivity index is 0.000000810. The molecular weight excluding hydrogens is 196 g/mol. The lowest BCUT2D eigenvalue weighted by molar-refractivity contribution is 0.104. The minimum absolute atomic E-state index is 0. The van der Waals surface area contributed by atoms with Crippen LogP contribution in [0.15, 0.2) is 0 Å². The molecule has 0 spiro atoms. The van der Waals surface area contributed by atoms with Gasteiger partial charge >= 0.3 is 0 Å². The summed E-state index contributed by atoms with van der Waals surface area (Å²) >= 11 is 0. The summed E-state index contributed by atoms with van der Waals surface area (Å²) < 4.78 is 0. The van der Waals surface area contributed by atoms with Gasteiger partial charge in [0.15, 0.2) is 0 Å². The van der Waals surface area contributed by atoms with Crippen molar-refractivity contribution in [3.8, 4) is 0 Å². The van der Waals surface area contributed by atoms with Crippen LogP contribution in [0.4, 0.5) is 0 Å². The van der Waals surface area contributed by atoms with Gasteiger partial charge in [0, 0.05) is 12.1 Å². The molecule has 0 aromatic carbocycles. The van der Waals surface area contributed by atoms with E-state index in [2.05, 4.69) is 5.48 Å². The molecule has 0 aliphatic heterocycles. The van der Waals surface area contributed by atoms with E-state index < -0.39 is 0 Å². The van der Waals surface area contributed by atoms with E-state index in [4.69, 9.17) is 10.9 Å². The number of hydrogen-bond acceptors (Lipinski definition) is 3. The molecule has 0 aromatic heterocycles. The van der Waals surface area contributed by atoms with Crippen molar-refractivity contribution in [3.63, 3.8) is 0 Å². The van der Waals surface area contributed by atoms with Crippen molar-refractivity contribution in [1.29, 1.82) is 0 Å². The zero-order valence-electron chi connectivity index (χ0n) is 5.92. The first-order chi connectivity index (χ1) is 4.33. The number of rotatable bonds is 1. The van der Waals surface area contributed by atoms with E-state index in [0.717, 1.165) is 25.7 Å². The van der Waals surface area contributed by atoms with E-state index in [-0.39, 0.29) is 17.0 Å². The number of hydroxylamine groups is 1. The fourth-order valence-electron chi connectivity index (χ4n) is 1.25. The molecule has 3 nitrogen and oxygen atoms in total. The van der Waals surface area contributed by atoms with E-state index in [9.17, 15) is 0 Å². The molecule has 0 atom stereocenters. The predicted molar refractivity (Wildman–Crippen MR) is 45.5 cm³/mol.